The van der Waals surface area contributed by atoms with Crippen molar-refractivity contribution in [3.63, 3.8) is 0 Å². The zero-order chi connectivity index (χ0) is 26.5. The molecule has 1 aromatic heterocycles. The highest BCUT2D eigenvalue weighted by molar-refractivity contribution is 5.98. The number of esters is 1. The number of cyclic esters (lactones) is 1. The van der Waals surface area contributed by atoms with E-state index in [0.29, 0.717) is 31.5 Å². The maximum atomic E-state index is 12.7. The first-order chi connectivity index (χ1) is 17.2. The van der Waals surface area contributed by atoms with Crippen molar-refractivity contribution in [1.82, 2.24) is 10.3 Å². The number of carbonyl (C=O) groups excluding carboxylic acids is 2. The number of carbonyl (C=O) groups is 2. The summed E-state index contributed by atoms with van der Waals surface area (Å²) in [5.41, 5.74) is 0.999. The van der Waals surface area contributed by atoms with Crippen molar-refractivity contribution in [2.24, 2.45) is 11.8 Å². The lowest BCUT2D eigenvalue weighted by atomic mass is 9.91. The van der Waals surface area contributed by atoms with E-state index in [1.54, 1.807) is 0 Å². The molecule has 2 aromatic rings. The number of pyridine rings is 1. The lowest BCUT2D eigenvalue weighted by Gasteiger charge is -2.26. The number of aliphatic hydroxyl groups is 1. The molecule has 198 valence electrons. The topological polar surface area (TPSA) is 127 Å². The van der Waals surface area contributed by atoms with Crippen LogP contribution >= 0.6 is 0 Å². The molecule has 0 saturated carbocycles. The summed E-state index contributed by atoms with van der Waals surface area (Å²) in [6.45, 7) is 6.54. The fourth-order valence-corrected chi connectivity index (χ4v) is 3.66. The smallest absolute Gasteiger partial charge is 0.331 e. The Labute approximate surface area is 212 Å². The molecule has 1 aliphatic heterocycles. The van der Waals surface area contributed by atoms with Crippen molar-refractivity contribution in [2.45, 2.75) is 52.2 Å². The highest BCUT2D eigenvalue weighted by atomic mass is 16.5. The van der Waals surface area contributed by atoms with Gasteiger partial charge in [-0.2, -0.15) is 0 Å². The number of nitrogens with zero attached hydrogens (tertiary/aromatic N) is 1. The maximum absolute atomic E-state index is 12.7. The lowest BCUT2D eigenvalue weighted by molar-refractivity contribution is -0.154. The Balaban J connectivity index is 0.000000830. The van der Waals surface area contributed by atoms with Gasteiger partial charge in [0.05, 0.1) is 19.8 Å². The summed E-state index contributed by atoms with van der Waals surface area (Å²) in [6.07, 6.45) is 3.43. The normalized spacial score (nSPS) is 20.5. The minimum Gasteiger partial charge on any atom is -0.503 e. The highest BCUT2D eigenvalue weighted by Crippen LogP contribution is 2.27. The lowest BCUT2D eigenvalue weighted by Crippen LogP contribution is -2.46. The van der Waals surface area contributed by atoms with Crippen molar-refractivity contribution in [3.05, 3.63) is 53.9 Å². The summed E-state index contributed by atoms with van der Waals surface area (Å²) in [4.78, 5) is 29.1. The monoisotopic (exact) mass is 502 g/mol. The molecule has 2 unspecified atom stereocenters. The van der Waals surface area contributed by atoms with Crippen LogP contribution in [0.1, 0.15) is 49.7 Å². The van der Waals surface area contributed by atoms with Crippen molar-refractivity contribution >= 4 is 11.9 Å². The molecule has 36 heavy (non-hydrogen) atoms. The molecule has 1 aromatic carbocycles. The molecule has 1 aliphatic rings. The zero-order valence-corrected chi connectivity index (χ0v) is 21.5. The molecule has 1 fully saturated rings. The van der Waals surface area contributed by atoms with E-state index in [1.165, 1.54) is 24.9 Å². The molecule has 0 bridgehead atoms. The summed E-state index contributed by atoms with van der Waals surface area (Å²) >= 11 is 0. The van der Waals surface area contributed by atoms with E-state index in [-0.39, 0.29) is 24.2 Å². The number of aromatic nitrogens is 1. The van der Waals surface area contributed by atoms with Crippen LogP contribution in [0, 0.1) is 11.8 Å². The van der Waals surface area contributed by atoms with Crippen LogP contribution in [0.25, 0.3) is 0 Å². The first kappa shape index (κ1) is 29.1. The van der Waals surface area contributed by atoms with Crippen LogP contribution in [0.4, 0.5) is 0 Å². The quantitative estimate of drug-likeness (QED) is 0.514. The number of hydrogen-bond donors (Lipinski definition) is 3. The van der Waals surface area contributed by atoms with Crippen molar-refractivity contribution < 1.29 is 34.0 Å². The van der Waals surface area contributed by atoms with E-state index in [1.807, 2.05) is 39.0 Å². The van der Waals surface area contributed by atoms with Gasteiger partial charge >= 0.3 is 5.97 Å². The van der Waals surface area contributed by atoms with Gasteiger partial charge in [0.15, 0.2) is 23.2 Å². The van der Waals surface area contributed by atoms with Gasteiger partial charge in [-0.3, -0.25) is 4.79 Å². The van der Waals surface area contributed by atoms with E-state index in [0.717, 1.165) is 12.8 Å². The summed E-state index contributed by atoms with van der Waals surface area (Å²) < 4.78 is 16.3. The number of aromatic hydroxyl groups is 1. The molecular weight excluding hydrogens is 464 g/mol. The number of nitrogens with one attached hydrogen (secondary N) is 1. The first-order valence-corrected chi connectivity index (χ1v) is 12.2. The summed E-state index contributed by atoms with van der Waals surface area (Å²) in [7, 11) is 1.37. The van der Waals surface area contributed by atoms with Crippen LogP contribution in [0.5, 0.6) is 11.5 Å². The Hall–Kier alpha value is -3.17. The number of benzene rings is 1. The molecule has 3 atom stereocenters. The third-order valence-electron chi connectivity index (χ3n) is 5.58. The third kappa shape index (κ3) is 9.47. The van der Waals surface area contributed by atoms with Crippen LogP contribution in [-0.2, 0) is 20.7 Å². The fraction of sp³-hybridized carbons (Fsp3) is 0.519. The predicted octanol–water partition coefficient (Wildman–Crippen LogP) is 3.13. The number of hydrogen-bond acceptors (Lipinski definition) is 8. The molecule has 0 radical (unpaired) electrons. The third-order valence-corrected chi connectivity index (χ3v) is 5.58. The number of ether oxygens (including phenoxy) is 3. The van der Waals surface area contributed by atoms with Gasteiger partial charge < -0.3 is 29.7 Å². The zero-order valence-electron chi connectivity index (χ0n) is 21.5. The van der Waals surface area contributed by atoms with Gasteiger partial charge in [-0.25, -0.2) is 9.78 Å². The predicted molar refractivity (Wildman–Crippen MR) is 135 cm³/mol. The number of methoxy groups -OCH3 is 1. The van der Waals surface area contributed by atoms with Crippen LogP contribution < -0.4 is 10.1 Å². The Kier molecular flexibility index (Phi) is 12.2. The average molecular weight is 503 g/mol. The van der Waals surface area contributed by atoms with Crippen molar-refractivity contribution in [3.8, 4) is 11.5 Å². The van der Waals surface area contributed by atoms with Crippen LogP contribution in [0.2, 0.25) is 0 Å². The SMILES string of the molecule is CC(C)CO.COc1ccnc(C(=O)N[C@H]2COCCC(Cc3ccccc3)CC(C)OC2=O)c1O. The van der Waals surface area contributed by atoms with Gasteiger partial charge in [-0.1, -0.05) is 44.2 Å². The molecular formula is C27H38N2O7. The molecule has 3 N–H and O–H groups in total. The number of amides is 1. The Morgan fingerprint density at radius 3 is 2.58 bits per heavy atom. The Morgan fingerprint density at radius 2 is 1.94 bits per heavy atom. The first-order valence-electron chi connectivity index (χ1n) is 12.2. The molecule has 2 heterocycles. The molecule has 3 rings (SSSR count). The second kappa shape index (κ2) is 15.1. The molecule has 0 aliphatic carbocycles. The molecule has 1 amide bonds. The maximum Gasteiger partial charge on any atom is 0.331 e. The average Bonchev–Trinajstić information content (AvgIpc) is 2.86. The van der Waals surface area contributed by atoms with Gasteiger partial charge in [0, 0.05) is 25.5 Å². The second-order valence-electron chi connectivity index (χ2n) is 9.22. The summed E-state index contributed by atoms with van der Waals surface area (Å²) in [5, 5.41) is 20.8. The fourth-order valence-electron chi connectivity index (χ4n) is 3.66. The largest absolute Gasteiger partial charge is 0.503 e. The van der Waals surface area contributed by atoms with Gasteiger partial charge in [0.1, 0.15) is 0 Å². The van der Waals surface area contributed by atoms with Crippen LogP contribution in [-0.4, -0.2) is 66.1 Å². The van der Waals surface area contributed by atoms with Crippen LogP contribution in [0.3, 0.4) is 0 Å². The molecule has 0 spiro atoms. The number of aliphatic hydroxyl groups excluding tert-OH is 1. The second-order valence-corrected chi connectivity index (χ2v) is 9.22. The van der Waals surface area contributed by atoms with E-state index >= 15 is 0 Å². The Bertz CT molecular complexity index is 952. The Morgan fingerprint density at radius 1 is 1.25 bits per heavy atom. The summed E-state index contributed by atoms with van der Waals surface area (Å²) in [5.74, 6) is -0.821. The van der Waals surface area contributed by atoms with E-state index in [2.05, 4.69) is 22.4 Å². The molecule has 1 saturated heterocycles. The minimum absolute atomic E-state index is 0.0277. The van der Waals surface area contributed by atoms with Crippen molar-refractivity contribution in [1.29, 1.82) is 0 Å². The van der Waals surface area contributed by atoms with Gasteiger partial charge in [0.25, 0.3) is 5.91 Å². The molecule has 9 heteroatoms. The van der Waals surface area contributed by atoms with Crippen LogP contribution in [0.15, 0.2) is 42.6 Å². The minimum atomic E-state index is -1.01. The van der Waals surface area contributed by atoms with Crippen molar-refractivity contribution in [2.75, 3.05) is 26.9 Å². The van der Waals surface area contributed by atoms with E-state index in [4.69, 9.17) is 19.3 Å². The highest BCUT2D eigenvalue weighted by Gasteiger charge is 2.29. The van der Waals surface area contributed by atoms with Gasteiger partial charge in [0.2, 0.25) is 0 Å². The number of rotatable bonds is 6. The van der Waals surface area contributed by atoms with E-state index in [9.17, 15) is 14.7 Å². The van der Waals surface area contributed by atoms with E-state index < -0.39 is 23.7 Å². The van der Waals surface area contributed by atoms with Gasteiger partial charge in [-0.05, 0) is 43.6 Å². The van der Waals surface area contributed by atoms with Gasteiger partial charge in [-0.15, -0.1) is 0 Å². The molecule has 9 nitrogen and oxygen atoms in total. The summed E-state index contributed by atoms with van der Waals surface area (Å²) in [6, 6.07) is 10.6. The standard InChI is InChI=1S/C23H28N2O6.C4H10O/c1-15-12-17(13-16-6-4-3-5-7-16)9-11-30-14-18(23(28)31-15)25-22(27)20-21(26)19(29-2)8-10-24-20;1-4(2)3-5/h3-8,10,15,17-18,26H,9,11-14H2,1-2H3,(H,25,27);4-5H,3H2,1-2H3/t15?,17?,18-;/m0./s1.